The van der Waals surface area contributed by atoms with Crippen LogP contribution in [0.2, 0.25) is 0 Å². The number of esters is 1. The number of nitrogens with zero attached hydrogens (tertiary/aromatic N) is 4. The van der Waals surface area contributed by atoms with Crippen molar-refractivity contribution in [2.45, 2.75) is 37.3 Å². The van der Waals surface area contributed by atoms with Gasteiger partial charge in [0.05, 0.1) is 6.61 Å². The second-order valence-corrected chi connectivity index (χ2v) is 5.86. The predicted molar refractivity (Wildman–Crippen MR) is 79.7 cm³/mol. The quantitative estimate of drug-likeness (QED) is 0.458. The summed E-state index contributed by atoms with van der Waals surface area (Å²) < 4.78 is 37.8. The third-order valence-electron chi connectivity index (χ3n) is 3.49. The molecule has 0 atom stereocenters. The van der Waals surface area contributed by atoms with Crippen LogP contribution in [-0.2, 0) is 28.3 Å². The highest BCUT2D eigenvalue weighted by Crippen LogP contribution is 2.43. The van der Waals surface area contributed by atoms with Crippen LogP contribution in [0.4, 0.5) is 8.78 Å². The molecule has 0 unspecified atom stereocenters. The summed E-state index contributed by atoms with van der Waals surface area (Å²) in [6.07, 6.45) is 1.32. The van der Waals surface area contributed by atoms with Crippen LogP contribution in [-0.4, -0.2) is 38.9 Å². The van der Waals surface area contributed by atoms with Gasteiger partial charge in [-0.25, -0.2) is 9.97 Å². The molecule has 0 aromatic carbocycles. The molecule has 2 aromatic heterocycles. The van der Waals surface area contributed by atoms with Crippen molar-refractivity contribution in [2.75, 3.05) is 12.9 Å². The van der Waals surface area contributed by atoms with E-state index in [1.165, 1.54) is 0 Å². The lowest BCUT2D eigenvalue weighted by atomic mass is 10.1. The maximum absolute atomic E-state index is 14.0. The number of fused-ring (bicyclic) bond motifs is 1. The number of halogens is 2. The molecular formula is C14H14F2N4O3S. The zero-order chi connectivity index (χ0) is 17.3. The van der Waals surface area contributed by atoms with Gasteiger partial charge in [-0.2, -0.15) is 13.8 Å². The molecule has 0 radical (unpaired) electrons. The van der Waals surface area contributed by atoms with E-state index in [4.69, 9.17) is 9.26 Å². The van der Waals surface area contributed by atoms with Crippen LogP contribution in [0.1, 0.15) is 30.5 Å². The lowest BCUT2D eigenvalue weighted by Gasteiger charge is -2.10. The van der Waals surface area contributed by atoms with Gasteiger partial charge >= 0.3 is 5.97 Å². The van der Waals surface area contributed by atoms with Gasteiger partial charge in [-0.05, 0) is 19.6 Å². The van der Waals surface area contributed by atoms with Crippen molar-refractivity contribution in [3.63, 3.8) is 0 Å². The van der Waals surface area contributed by atoms with Crippen LogP contribution in [0, 0.1) is 0 Å². The van der Waals surface area contributed by atoms with E-state index in [9.17, 15) is 13.6 Å². The molecular weight excluding hydrogens is 342 g/mol. The number of ether oxygens (including phenoxy) is 1. The summed E-state index contributed by atoms with van der Waals surface area (Å²) in [5.74, 6) is -3.38. The first-order valence-corrected chi connectivity index (χ1v) is 8.49. The van der Waals surface area contributed by atoms with Crippen molar-refractivity contribution in [2.24, 2.45) is 0 Å². The van der Waals surface area contributed by atoms with E-state index in [0.717, 1.165) is 11.8 Å². The van der Waals surface area contributed by atoms with Gasteiger partial charge in [0.15, 0.2) is 5.16 Å². The van der Waals surface area contributed by atoms with Gasteiger partial charge in [0, 0.05) is 12.0 Å². The van der Waals surface area contributed by atoms with Crippen LogP contribution < -0.4 is 0 Å². The Morgan fingerprint density at radius 1 is 1.38 bits per heavy atom. The predicted octanol–water partition coefficient (Wildman–Crippen LogP) is 2.39. The Bertz CT molecular complexity index is 781. The van der Waals surface area contributed by atoms with Gasteiger partial charge in [-0.1, -0.05) is 16.9 Å². The molecule has 2 aromatic rings. The average Bonchev–Trinajstić information content (AvgIpc) is 3.11. The van der Waals surface area contributed by atoms with E-state index >= 15 is 0 Å². The number of aromatic nitrogens is 4. The number of thioether (sulfide) groups is 1. The van der Waals surface area contributed by atoms with Crippen molar-refractivity contribution in [1.29, 1.82) is 0 Å². The van der Waals surface area contributed by atoms with Crippen LogP contribution in [0.5, 0.6) is 0 Å². The molecule has 3 rings (SSSR count). The molecule has 0 amide bonds. The first kappa shape index (κ1) is 16.7. The molecule has 2 heterocycles. The fourth-order valence-corrected chi connectivity index (χ4v) is 2.80. The van der Waals surface area contributed by atoms with Crippen molar-refractivity contribution in [1.82, 2.24) is 20.1 Å². The Labute approximate surface area is 140 Å². The number of alkyl halides is 2. The third kappa shape index (κ3) is 3.10. The van der Waals surface area contributed by atoms with E-state index in [2.05, 4.69) is 20.1 Å². The molecule has 1 aliphatic carbocycles. The number of hydrogen-bond donors (Lipinski definition) is 0. The normalized spacial score (nSPS) is 15.3. The first-order chi connectivity index (χ1) is 11.4. The first-order valence-electron chi connectivity index (χ1n) is 7.26. The van der Waals surface area contributed by atoms with Gasteiger partial charge in [-0.15, -0.1) is 0 Å². The summed E-state index contributed by atoms with van der Waals surface area (Å²) in [6, 6.07) is 0. The Morgan fingerprint density at radius 3 is 2.88 bits per heavy atom. The van der Waals surface area contributed by atoms with Crippen LogP contribution in [0.15, 0.2) is 9.68 Å². The molecule has 0 N–H and O–H groups in total. The number of carbonyl (C=O) groups excluding carboxylic acids is 1. The summed E-state index contributed by atoms with van der Waals surface area (Å²) in [5.41, 5.74) is 0.260. The van der Waals surface area contributed by atoms with Gasteiger partial charge in [0.1, 0.15) is 17.8 Å². The smallest absolute Gasteiger partial charge is 0.315 e. The minimum absolute atomic E-state index is 0.0475. The molecule has 0 bridgehead atoms. The van der Waals surface area contributed by atoms with E-state index < -0.39 is 11.9 Å². The number of rotatable bonds is 5. The van der Waals surface area contributed by atoms with Crippen molar-refractivity contribution < 1.29 is 22.8 Å². The standard InChI is InChI=1S/C14H14F2N4O3S/c1-3-22-9(21)6-8-17-12(20-23-8)10-7-4-5-14(15,16)11(7)19-13(18-10)24-2/h3-6H2,1-2H3. The Balaban J connectivity index is 1.97. The van der Waals surface area contributed by atoms with E-state index in [0.29, 0.717) is 5.56 Å². The monoisotopic (exact) mass is 356 g/mol. The summed E-state index contributed by atoms with van der Waals surface area (Å²) in [4.78, 5) is 23.7. The lowest BCUT2D eigenvalue weighted by Crippen LogP contribution is -2.12. The fourth-order valence-electron chi connectivity index (χ4n) is 2.44. The van der Waals surface area contributed by atoms with Crippen molar-refractivity contribution in [3.05, 3.63) is 17.1 Å². The SMILES string of the molecule is CCOC(=O)Cc1nc(-c2nc(SC)nc3c2CCC3(F)F)no1. The summed E-state index contributed by atoms with van der Waals surface area (Å²) >= 11 is 1.15. The van der Waals surface area contributed by atoms with Crippen LogP contribution in [0.3, 0.4) is 0 Å². The third-order valence-corrected chi connectivity index (χ3v) is 4.03. The Hall–Kier alpha value is -2.10. The van der Waals surface area contributed by atoms with E-state index in [-0.39, 0.29) is 54.1 Å². The maximum atomic E-state index is 14.0. The molecule has 0 saturated carbocycles. The molecule has 0 saturated heterocycles. The average molecular weight is 356 g/mol. The molecule has 7 nitrogen and oxygen atoms in total. The number of carbonyl (C=O) groups is 1. The fraction of sp³-hybridized carbons (Fsp3) is 0.500. The van der Waals surface area contributed by atoms with E-state index in [1.54, 1.807) is 13.2 Å². The summed E-state index contributed by atoms with van der Waals surface area (Å²) in [7, 11) is 0. The molecule has 10 heteroatoms. The molecule has 0 fully saturated rings. The lowest BCUT2D eigenvalue weighted by molar-refractivity contribution is -0.142. The minimum Gasteiger partial charge on any atom is -0.466 e. The van der Waals surface area contributed by atoms with Gasteiger partial charge in [0.2, 0.25) is 11.7 Å². The highest BCUT2D eigenvalue weighted by Gasteiger charge is 2.43. The van der Waals surface area contributed by atoms with Gasteiger partial charge in [0.25, 0.3) is 5.92 Å². The second kappa shape index (κ2) is 6.42. The molecule has 24 heavy (non-hydrogen) atoms. The summed E-state index contributed by atoms with van der Waals surface area (Å²) in [5, 5.41) is 3.97. The maximum Gasteiger partial charge on any atom is 0.315 e. The molecule has 0 spiro atoms. The zero-order valence-corrected chi connectivity index (χ0v) is 13.8. The largest absolute Gasteiger partial charge is 0.466 e. The highest BCUT2D eigenvalue weighted by molar-refractivity contribution is 7.98. The zero-order valence-electron chi connectivity index (χ0n) is 13.0. The topological polar surface area (TPSA) is 91.0 Å². The van der Waals surface area contributed by atoms with Crippen molar-refractivity contribution in [3.8, 4) is 11.5 Å². The molecule has 1 aliphatic rings. The molecule has 0 aliphatic heterocycles. The minimum atomic E-state index is -2.99. The van der Waals surface area contributed by atoms with Crippen LogP contribution in [0.25, 0.3) is 11.5 Å². The number of hydrogen-bond acceptors (Lipinski definition) is 8. The Morgan fingerprint density at radius 2 is 2.17 bits per heavy atom. The van der Waals surface area contributed by atoms with Crippen molar-refractivity contribution >= 4 is 17.7 Å². The second-order valence-electron chi connectivity index (χ2n) is 5.08. The Kier molecular flexibility index (Phi) is 4.48. The van der Waals surface area contributed by atoms with E-state index in [1.807, 2.05) is 0 Å². The molecule has 128 valence electrons. The van der Waals surface area contributed by atoms with Gasteiger partial charge in [-0.3, -0.25) is 4.79 Å². The highest BCUT2D eigenvalue weighted by atomic mass is 32.2. The van der Waals surface area contributed by atoms with Crippen LogP contribution >= 0.6 is 11.8 Å². The summed E-state index contributed by atoms with van der Waals surface area (Å²) in [6.45, 7) is 1.93. The van der Waals surface area contributed by atoms with Gasteiger partial charge < -0.3 is 9.26 Å².